The smallest absolute Gasteiger partial charge is 0.0948 e. The second kappa shape index (κ2) is 5.62. The van der Waals surface area contributed by atoms with E-state index in [1.807, 2.05) is 6.33 Å². The van der Waals surface area contributed by atoms with Crippen molar-refractivity contribution in [3.63, 3.8) is 0 Å². The van der Waals surface area contributed by atoms with E-state index >= 15 is 0 Å². The SMILES string of the molecule is CN1CCC(Cn2cncc2C(N)CO)CC1. The summed E-state index contributed by atoms with van der Waals surface area (Å²) in [6.45, 7) is 3.28. The molecule has 0 aliphatic carbocycles. The summed E-state index contributed by atoms with van der Waals surface area (Å²) in [5, 5.41) is 9.10. The number of hydrogen-bond donors (Lipinski definition) is 2. The first-order valence-electron chi connectivity index (χ1n) is 6.25. The van der Waals surface area contributed by atoms with Crippen LogP contribution in [-0.4, -0.2) is 46.3 Å². The van der Waals surface area contributed by atoms with Gasteiger partial charge in [-0.25, -0.2) is 4.98 Å². The lowest BCUT2D eigenvalue weighted by Gasteiger charge is -2.29. The van der Waals surface area contributed by atoms with Crippen molar-refractivity contribution in [1.82, 2.24) is 14.5 Å². The Morgan fingerprint density at radius 1 is 1.53 bits per heavy atom. The highest BCUT2D eigenvalue weighted by Crippen LogP contribution is 2.20. The number of hydrogen-bond acceptors (Lipinski definition) is 4. The fraction of sp³-hybridized carbons (Fsp3) is 0.750. The Morgan fingerprint density at radius 3 is 2.88 bits per heavy atom. The van der Waals surface area contributed by atoms with Crippen LogP contribution in [0.1, 0.15) is 24.6 Å². The van der Waals surface area contributed by atoms with Crippen LogP contribution in [0.4, 0.5) is 0 Å². The molecule has 0 spiro atoms. The minimum atomic E-state index is -0.316. The van der Waals surface area contributed by atoms with E-state index in [2.05, 4.69) is 21.5 Å². The molecule has 0 bridgehead atoms. The van der Waals surface area contributed by atoms with Gasteiger partial charge in [0.05, 0.1) is 24.7 Å². The van der Waals surface area contributed by atoms with Crippen LogP contribution in [-0.2, 0) is 6.54 Å². The number of rotatable bonds is 4. The number of imidazole rings is 1. The fourth-order valence-corrected chi connectivity index (χ4v) is 2.41. The molecule has 1 aromatic rings. The predicted molar refractivity (Wildman–Crippen MR) is 66.5 cm³/mol. The van der Waals surface area contributed by atoms with Gasteiger partial charge in [-0.2, -0.15) is 0 Å². The topological polar surface area (TPSA) is 67.3 Å². The molecule has 2 heterocycles. The third-order valence-electron chi connectivity index (χ3n) is 3.61. The molecule has 1 aromatic heterocycles. The van der Waals surface area contributed by atoms with Crippen molar-refractivity contribution < 1.29 is 5.11 Å². The van der Waals surface area contributed by atoms with E-state index in [9.17, 15) is 0 Å². The molecule has 0 radical (unpaired) electrons. The molecule has 17 heavy (non-hydrogen) atoms. The fourth-order valence-electron chi connectivity index (χ4n) is 2.41. The summed E-state index contributed by atoms with van der Waals surface area (Å²) in [7, 11) is 2.17. The van der Waals surface area contributed by atoms with E-state index in [-0.39, 0.29) is 12.6 Å². The average molecular weight is 238 g/mol. The van der Waals surface area contributed by atoms with E-state index in [1.165, 1.54) is 25.9 Å². The first kappa shape index (κ1) is 12.5. The summed E-state index contributed by atoms with van der Waals surface area (Å²) >= 11 is 0. The normalized spacial score (nSPS) is 20.6. The van der Waals surface area contributed by atoms with Crippen LogP contribution in [0.15, 0.2) is 12.5 Å². The monoisotopic (exact) mass is 238 g/mol. The Balaban J connectivity index is 1.96. The summed E-state index contributed by atoms with van der Waals surface area (Å²) in [5.41, 5.74) is 6.78. The molecule has 1 aliphatic heterocycles. The van der Waals surface area contributed by atoms with Crippen LogP contribution in [0.3, 0.4) is 0 Å². The maximum atomic E-state index is 9.10. The number of aliphatic hydroxyl groups is 1. The maximum absolute atomic E-state index is 9.10. The number of piperidine rings is 1. The second-order valence-electron chi connectivity index (χ2n) is 5.01. The minimum absolute atomic E-state index is 0.0287. The first-order chi connectivity index (χ1) is 8.20. The third kappa shape index (κ3) is 3.06. The van der Waals surface area contributed by atoms with Gasteiger partial charge in [0.25, 0.3) is 0 Å². The molecule has 96 valence electrons. The van der Waals surface area contributed by atoms with E-state index in [1.54, 1.807) is 6.20 Å². The maximum Gasteiger partial charge on any atom is 0.0948 e. The summed E-state index contributed by atoms with van der Waals surface area (Å²) < 4.78 is 2.09. The van der Waals surface area contributed by atoms with Crippen molar-refractivity contribution >= 4 is 0 Å². The number of likely N-dealkylation sites (tertiary alicyclic amines) is 1. The van der Waals surface area contributed by atoms with Crippen LogP contribution in [0.2, 0.25) is 0 Å². The molecule has 5 heteroatoms. The molecule has 1 unspecified atom stereocenters. The molecular formula is C12H22N4O. The van der Waals surface area contributed by atoms with E-state index in [4.69, 9.17) is 10.8 Å². The largest absolute Gasteiger partial charge is 0.394 e. The van der Waals surface area contributed by atoms with Gasteiger partial charge in [-0.3, -0.25) is 0 Å². The van der Waals surface area contributed by atoms with Gasteiger partial charge in [-0.1, -0.05) is 0 Å². The van der Waals surface area contributed by atoms with Gasteiger partial charge in [0, 0.05) is 12.7 Å². The van der Waals surface area contributed by atoms with E-state index < -0.39 is 0 Å². The van der Waals surface area contributed by atoms with Crippen LogP contribution >= 0.6 is 0 Å². The highest BCUT2D eigenvalue weighted by Gasteiger charge is 2.19. The van der Waals surface area contributed by atoms with Gasteiger partial charge in [-0.05, 0) is 38.9 Å². The minimum Gasteiger partial charge on any atom is -0.394 e. The summed E-state index contributed by atoms with van der Waals surface area (Å²) in [4.78, 5) is 6.50. The third-order valence-corrected chi connectivity index (χ3v) is 3.61. The number of nitrogens with two attached hydrogens (primary N) is 1. The Morgan fingerprint density at radius 2 is 2.24 bits per heavy atom. The van der Waals surface area contributed by atoms with Gasteiger partial charge in [0.15, 0.2) is 0 Å². The summed E-state index contributed by atoms with van der Waals surface area (Å²) in [5.74, 6) is 0.699. The highest BCUT2D eigenvalue weighted by molar-refractivity contribution is 5.04. The Labute approximate surface area is 102 Å². The number of nitrogens with zero attached hydrogens (tertiary/aromatic N) is 3. The lowest BCUT2D eigenvalue weighted by molar-refractivity contribution is 0.202. The quantitative estimate of drug-likeness (QED) is 0.787. The molecule has 2 rings (SSSR count). The Hall–Kier alpha value is -0.910. The van der Waals surface area contributed by atoms with Crippen LogP contribution < -0.4 is 5.73 Å². The molecule has 0 amide bonds. The molecule has 1 aliphatic rings. The average Bonchev–Trinajstić information content (AvgIpc) is 2.79. The zero-order valence-electron chi connectivity index (χ0n) is 10.4. The second-order valence-corrected chi connectivity index (χ2v) is 5.01. The lowest BCUT2D eigenvalue weighted by atomic mass is 9.97. The van der Waals surface area contributed by atoms with E-state index in [0.29, 0.717) is 5.92 Å². The van der Waals surface area contributed by atoms with Crippen molar-refractivity contribution in [2.24, 2.45) is 11.7 Å². The van der Waals surface area contributed by atoms with Gasteiger partial charge in [-0.15, -0.1) is 0 Å². The summed E-state index contributed by atoms with van der Waals surface area (Å²) in [6, 6.07) is -0.316. The zero-order chi connectivity index (χ0) is 12.3. The standard InChI is InChI=1S/C12H22N4O/c1-15-4-2-10(3-5-15)7-16-9-14-6-12(16)11(13)8-17/h6,9-11,17H,2-5,7-8,13H2,1H3. The molecule has 0 aromatic carbocycles. The number of aliphatic hydroxyl groups excluding tert-OH is 1. The summed E-state index contributed by atoms with van der Waals surface area (Å²) in [6.07, 6.45) is 6.03. The predicted octanol–water partition coefficient (Wildman–Crippen LogP) is 0.217. The van der Waals surface area contributed by atoms with Crippen LogP contribution in [0.5, 0.6) is 0 Å². The highest BCUT2D eigenvalue weighted by atomic mass is 16.3. The van der Waals surface area contributed by atoms with Gasteiger partial charge in [0.1, 0.15) is 0 Å². The molecule has 1 saturated heterocycles. The van der Waals surface area contributed by atoms with Crippen molar-refractivity contribution in [2.75, 3.05) is 26.7 Å². The molecule has 0 saturated carbocycles. The van der Waals surface area contributed by atoms with Gasteiger partial charge in [0.2, 0.25) is 0 Å². The zero-order valence-corrected chi connectivity index (χ0v) is 10.4. The molecule has 3 N–H and O–H groups in total. The molecule has 1 atom stereocenters. The van der Waals surface area contributed by atoms with Crippen molar-refractivity contribution in [1.29, 1.82) is 0 Å². The van der Waals surface area contributed by atoms with Crippen LogP contribution in [0.25, 0.3) is 0 Å². The van der Waals surface area contributed by atoms with Gasteiger partial charge < -0.3 is 20.3 Å². The number of aromatic nitrogens is 2. The van der Waals surface area contributed by atoms with Crippen molar-refractivity contribution in [3.05, 3.63) is 18.2 Å². The van der Waals surface area contributed by atoms with E-state index in [0.717, 1.165) is 12.2 Å². The molecular weight excluding hydrogens is 216 g/mol. The molecule has 5 nitrogen and oxygen atoms in total. The van der Waals surface area contributed by atoms with Crippen molar-refractivity contribution in [2.45, 2.75) is 25.4 Å². The Bertz CT molecular complexity index is 344. The van der Waals surface area contributed by atoms with Crippen molar-refractivity contribution in [3.8, 4) is 0 Å². The lowest BCUT2D eigenvalue weighted by Crippen LogP contribution is -2.32. The van der Waals surface area contributed by atoms with Crippen LogP contribution in [0, 0.1) is 5.92 Å². The molecule has 1 fully saturated rings. The Kier molecular flexibility index (Phi) is 4.15. The van der Waals surface area contributed by atoms with Gasteiger partial charge >= 0.3 is 0 Å². The first-order valence-corrected chi connectivity index (χ1v) is 6.25.